The van der Waals surface area contributed by atoms with Crippen molar-refractivity contribution in [3.8, 4) is 0 Å². The van der Waals surface area contributed by atoms with E-state index < -0.39 is 27.9 Å². The van der Waals surface area contributed by atoms with Crippen LogP contribution in [-0.2, 0) is 19.1 Å². The van der Waals surface area contributed by atoms with Gasteiger partial charge in [0, 0.05) is 12.0 Å². The number of hydrogen-bond acceptors (Lipinski definition) is 6. The summed E-state index contributed by atoms with van der Waals surface area (Å²) in [5.74, 6) is -2.32. The highest BCUT2D eigenvalue weighted by Crippen LogP contribution is 2.30. The smallest absolute Gasteiger partial charge is 0.313 e. The average Bonchev–Trinajstić information content (AvgIpc) is 2.83. The van der Waals surface area contributed by atoms with E-state index in [-0.39, 0.29) is 17.7 Å². The first-order chi connectivity index (χ1) is 16.4. The second-order valence-electron chi connectivity index (χ2n) is 8.81. The zero-order valence-electron chi connectivity index (χ0n) is 20.0. The Balaban J connectivity index is 1.37. The third-order valence-electron chi connectivity index (χ3n) is 6.04. The van der Waals surface area contributed by atoms with Crippen LogP contribution in [-0.4, -0.2) is 37.8 Å². The topological polar surface area (TPSA) is 90.0 Å². The summed E-state index contributed by atoms with van der Waals surface area (Å²) in [5, 5.41) is 1.55. The summed E-state index contributed by atoms with van der Waals surface area (Å²) in [7, 11) is -4.27. The maximum absolute atomic E-state index is 12.8. The van der Waals surface area contributed by atoms with Gasteiger partial charge >= 0.3 is 10.1 Å². The lowest BCUT2D eigenvalue weighted by molar-refractivity contribution is -0.0180. The van der Waals surface area contributed by atoms with Crippen LogP contribution in [0.1, 0.15) is 98.3 Å². The molecule has 0 N–H and O–H groups in total. The number of hydroxylamine groups is 2. The molecule has 1 aliphatic heterocycles. The van der Waals surface area contributed by atoms with Crippen LogP contribution in [0.2, 0.25) is 0 Å². The van der Waals surface area contributed by atoms with Crippen LogP contribution in [0.15, 0.2) is 36.4 Å². The number of unbranched alkanes of at least 4 members (excludes halogenated alkanes) is 10. The van der Waals surface area contributed by atoms with Crippen molar-refractivity contribution in [1.82, 2.24) is 5.06 Å². The molecule has 2 aromatic rings. The lowest BCUT2D eigenvalue weighted by Crippen LogP contribution is -2.42. The summed E-state index contributed by atoms with van der Waals surface area (Å²) in [4.78, 5) is 25.5. The Morgan fingerprint density at radius 3 is 1.76 bits per heavy atom. The highest BCUT2D eigenvalue weighted by Gasteiger charge is 2.37. The van der Waals surface area contributed by atoms with E-state index in [2.05, 4.69) is 6.92 Å². The lowest BCUT2D eigenvalue weighted by Gasteiger charge is -2.25. The Hall–Kier alpha value is -2.29. The molecule has 0 spiro atoms. The molecule has 0 radical (unpaired) electrons. The molecule has 0 unspecified atom stereocenters. The number of rotatable bonds is 16. The molecule has 1 heterocycles. The summed E-state index contributed by atoms with van der Waals surface area (Å²) in [6, 6.07) is 10.0. The molecule has 0 saturated carbocycles. The minimum Gasteiger partial charge on any atom is -0.363 e. The van der Waals surface area contributed by atoms with Crippen LogP contribution in [0.4, 0.5) is 0 Å². The number of imide groups is 1. The molecule has 0 aromatic heterocycles. The third-order valence-corrected chi connectivity index (χ3v) is 6.87. The first-order valence-corrected chi connectivity index (χ1v) is 13.9. The van der Waals surface area contributed by atoms with Gasteiger partial charge < -0.3 is 4.74 Å². The predicted molar refractivity (Wildman–Crippen MR) is 132 cm³/mol. The molecule has 2 aromatic carbocycles. The molecule has 186 valence electrons. The highest BCUT2D eigenvalue weighted by atomic mass is 32.2. The summed E-state index contributed by atoms with van der Waals surface area (Å²) < 4.78 is 34.8. The van der Waals surface area contributed by atoms with Gasteiger partial charge in [-0.15, -0.1) is 9.35 Å². The Kier molecular flexibility index (Phi) is 10.0. The SMILES string of the molecule is CCCCCCCCCCCCCOCS(=O)(=O)ON1C(=O)c2cccc3cccc(c23)C1=O. The lowest BCUT2D eigenvalue weighted by atomic mass is 9.95. The van der Waals surface area contributed by atoms with Crippen LogP contribution in [0.5, 0.6) is 0 Å². The van der Waals surface area contributed by atoms with Crippen molar-refractivity contribution in [3.63, 3.8) is 0 Å². The molecule has 0 fully saturated rings. The number of carbonyl (C=O) groups is 2. The minimum absolute atomic E-state index is 0.227. The van der Waals surface area contributed by atoms with E-state index >= 15 is 0 Å². The van der Waals surface area contributed by atoms with Crippen LogP contribution in [0, 0.1) is 0 Å². The summed E-state index contributed by atoms with van der Waals surface area (Å²) in [5.41, 5.74) is 0.453. The van der Waals surface area contributed by atoms with Crippen molar-refractivity contribution in [2.24, 2.45) is 0 Å². The van der Waals surface area contributed by atoms with Crippen LogP contribution in [0.25, 0.3) is 10.8 Å². The van der Waals surface area contributed by atoms with E-state index in [1.165, 1.54) is 51.4 Å². The summed E-state index contributed by atoms with van der Waals surface area (Å²) in [6.07, 6.45) is 13.1. The van der Waals surface area contributed by atoms with Crippen molar-refractivity contribution >= 4 is 32.7 Å². The Bertz CT molecular complexity index is 1030. The van der Waals surface area contributed by atoms with Crippen molar-refractivity contribution < 1.29 is 27.0 Å². The molecule has 2 amide bonds. The molecule has 34 heavy (non-hydrogen) atoms. The standard InChI is InChI=1S/C26H35NO6S/c1-2-3-4-5-6-7-8-9-10-11-12-19-32-20-34(30,31)33-27-25(28)22-17-13-15-21-16-14-18-23(24(21)22)26(27)29/h13-18H,2-12,19-20H2,1H3. The molecular weight excluding hydrogens is 454 g/mol. The van der Waals surface area contributed by atoms with Gasteiger partial charge in [0.15, 0.2) is 5.94 Å². The van der Waals surface area contributed by atoms with Gasteiger partial charge in [0.1, 0.15) is 0 Å². The quantitative estimate of drug-likeness (QED) is 0.213. The fourth-order valence-corrected chi connectivity index (χ4v) is 4.97. The van der Waals surface area contributed by atoms with Gasteiger partial charge in [-0.05, 0) is 23.9 Å². The molecule has 0 bridgehead atoms. The zero-order valence-corrected chi connectivity index (χ0v) is 20.8. The van der Waals surface area contributed by atoms with Gasteiger partial charge in [0.2, 0.25) is 0 Å². The minimum atomic E-state index is -4.27. The molecule has 1 aliphatic rings. The maximum atomic E-state index is 12.8. The van der Waals surface area contributed by atoms with Crippen molar-refractivity contribution in [3.05, 3.63) is 47.5 Å². The average molecular weight is 490 g/mol. The van der Waals surface area contributed by atoms with Gasteiger partial charge in [-0.1, -0.05) is 95.4 Å². The van der Waals surface area contributed by atoms with Gasteiger partial charge in [0.25, 0.3) is 11.8 Å². The highest BCUT2D eigenvalue weighted by molar-refractivity contribution is 7.86. The summed E-state index contributed by atoms with van der Waals surface area (Å²) >= 11 is 0. The third kappa shape index (κ3) is 7.10. The number of hydrogen-bond donors (Lipinski definition) is 0. The van der Waals surface area contributed by atoms with E-state index in [1.54, 1.807) is 36.4 Å². The van der Waals surface area contributed by atoms with E-state index in [4.69, 9.17) is 9.02 Å². The number of amides is 2. The fraction of sp³-hybridized carbons (Fsp3) is 0.538. The van der Waals surface area contributed by atoms with Crippen molar-refractivity contribution in [2.45, 2.75) is 77.6 Å². The number of carbonyl (C=O) groups excluding carboxylic acids is 2. The van der Waals surface area contributed by atoms with Gasteiger partial charge in [-0.3, -0.25) is 9.59 Å². The van der Waals surface area contributed by atoms with E-state index in [0.29, 0.717) is 10.4 Å². The maximum Gasteiger partial charge on any atom is 0.313 e. The van der Waals surface area contributed by atoms with Gasteiger partial charge in [-0.25, -0.2) is 0 Å². The molecule has 0 saturated heterocycles. The molecule has 7 nitrogen and oxygen atoms in total. The molecular formula is C26H35NO6S. The van der Waals surface area contributed by atoms with Crippen molar-refractivity contribution in [1.29, 1.82) is 0 Å². The zero-order chi connectivity index (χ0) is 24.4. The first-order valence-electron chi connectivity index (χ1n) is 12.3. The van der Waals surface area contributed by atoms with Crippen molar-refractivity contribution in [2.75, 3.05) is 12.5 Å². The largest absolute Gasteiger partial charge is 0.363 e. The van der Waals surface area contributed by atoms with Crippen LogP contribution >= 0.6 is 0 Å². The van der Waals surface area contributed by atoms with E-state index in [9.17, 15) is 18.0 Å². The van der Waals surface area contributed by atoms with Gasteiger partial charge in [0.05, 0.1) is 11.1 Å². The molecule has 0 aliphatic carbocycles. The number of ether oxygens (including phenoxy) is 1. The Morgan fingerprint density at radius 2 is 1.24 bits per heavy atom. The second-order valence-corrected chi connectivity index (χ2v) is 10.3. The second kappa shape index (κ2) is 13.0. The fourth-order valence-electron chi connectivity index (χ4n) is 4.24. The Morgan fingerprint density at radius 1 is 0.735 bits per heavy atom. The van der Waals surface area contributed by atoms with E-state index in [0.717, 1.165) is 24.6 Å². The molecule has 3 rings (SSSR count). The molecule has 0 atom stereocenters. The monoisotopic (exact) mass is 489 g/mol. The first kappa shape index (κ1) is 26.3. The predicted octanol–water partition coefficient (Wildman–Crippen LogP) is 5.98. The van der Waals surface area contributed by atoms with Gasteiger partial charge in [-0.2, -0.15) is 8.42 Å². The van der Waals surface area contributed by atoms with Crippen LogP contribution < -0.4 is 0 Å². The normalized spacial score (nSPS) is 13.7. The Labute approximate surface area is 202 Å². The summed E-state index contributed by atoms with van der Waals surface area (Å²) in [6.45, 7) is 2.51. The van der Waals surface area contributed by atoms with E-state index in [1.807, 2.05) is 0 Å². The molecule has 8 heteroatoms. The number of nitrogens with zero attached hydrogens (tertiary/aromatic N) is 1. The van der Waals surface area contributed by atoms with Crippen LogP contribution in [0.3, 0.4) is 0 Å². The number of benzene rings is 2.